The van der Waals surface area contributed by atoms with Crippen molar-refractivity contribution in [2.24, 2.45) is 9.98 Å². The van der Waals surface area contributed by atoms with Crippen LogP contribution >= 0.6 is 0 Å². The largest absolute Gasteiger partial charge is 0.493 e. The van der Waals surface area contributed by atoms with E-state index in [9.17, 15) is 9.59 Å². The third kappa shape index (κ3) is 5.67. The number of carbonyl (C=O) groups is 2. The molecule has 0 saturated heterocycles. The second-order valence-electron chi connectivity index (χ2n) is 13.7. The summed E-state index contributed by atoms with van der Waals surface area (Å²) in [4.78, 5) is 40.7. The molecule has 0 bridgehead atoms. The van der Waals surface area contributed by atoms with Crippen LogP contribution in [0.25, 0.3) is 0 Å². The number of fused-ring (bicyclic) bond motifs is 8. The first-order chi connectivity index (χ1) is 25.9. The molecule has 0 radical (unpaired) electrons. The first-order valence-corrected chi connectivity index (χ1v) is 17.6. The molecule has 4 heterocycles. The number of methoxy groups -OCH3 is 2. The van der Waals surface area contributed by atoms with E-state index < -0.39 is 0 Å². The zero-order valence-corrected chi connectivity index (χ0v) is 29.5. The summed E-state index contributed by atoms with van der Waals surface area (Å²) in [5, 5.41) is 0. The lowest BCUT2D eigenvalue weighted by Gasteiger charge is -2.22. The Labute approximate surface area is 306 Å². The van der Waals surface area contributed by atoms with Gasteiger partial charge in [0.25, 0.3) is 11.8 Å². The number of nitrogens with zero attached hydrogens (tertiary/aromatic N) is 4. The van der Waals surface area contributed by atoms with Crippen molar-refractivity contribution in [3.63, 3.8) is 0 Å². The van der Waals surface area contributed by atoms with Crippen molar-refractivity contribution in [3.05, 3.63) is 130 Å². The first kappa shape index (κ1) is 32.5. The van der Waals surface area contributed by atoms with E-state index in [0.29, 0.717) is 45.5 Å². The number of aryl methyl sites for hydroxylation is 1. The molecule has 10 nitrogen and oxygen atoms in total. The van der Waals surface area contributed by atoms with Crippen LogP contribution in [0.2, 0.25) is 0 Å². The van der Waals surface area contributed by atoms with E-state index in [0.717, 1.165) is 52.0 Å². The predicted molar refractivity (Wildman–Crippen MR) is 204 cm³/mol. The van der Waals surface area contributed by atoms with Gasteiger partial charge in [-0.15, -0.1) is 0 Å². The normalized spacial score (nSPS) is 17.6. The Balaban J connectivity index is 0.924. The van der Waals surface area contributed by atoms with Crippen molar-refractivity contribution < 1.29 is 28.5 Å². The molecule has 264 valence electrons. The highest BCUT2D eigenvalue weighted by Gasteiger charge is 2.38. The van der Waals surface area contributed by atoms with Crippen LogP contribution in [0.4, 0.5) is 22.7 Å². The molecule has 2 amide bonds. The number of aliphatic imine (C=N–C) groups is 2. The minimum absolute atomic E-state index is 0.115. The lowest BCUT2D eigenvalue weighted by molar-refractivity contribution is 0.0978. The van der Waals surface area contributed by atoms with Gasteiger partial charge >= 0.3 is 0 Å². The zero-order chi connectivity index (χ0) is 36.2. The van der Waals surface area contributed by atoms with Gasteiger partial charge < -0.3 is 18.9 Å². The summed E-state index contributed by atoms with van der Waals surface area (Å²) in [5.41, 5.74) is 9.01. The third-order valence-corrected chi connectivity index (χ3v) is 10.2. The van der Waals surface area contributed by atoms with E-state index in [2.05, 4.69) is 24.3 Å². The van der Waals surface area contributed by atoms with Crippen LogP contribution in [-0.2, 0) is 26.1 Å². The summed E-state index contributed by atoms with van der Waals surface area (Å²) in [6, 6.07) is 28.8. The molecule has 4 aliphatic rings. The maximum atomic E-state index is 13.8. The molecular formula is C43H36N4O6. The predicted octanol–water partition coefficient (Wildman–Crippen LogP) is 7.75. The molecule has 0 unspecified atom stereocenters. The van der Waals surface area contributed by atoms with Gasteiger partial charge in [-0.1, -0.05) is 54.1 Å². The number of ether oxygens (including phenoxy) is 4. The number of carbonyl (C=O) groups excluding carboxylic acids is 2. The Morgan fingerprint density at radius 2 is 1.06 bits per heavy atom. The number of amides is 2. The number of hydrogen-bond acceptors (Lipinski definition) is 8. The van der Waals surface area contributed by atoms with Crippen LogP contribution in [0.15, 0.2) is 101 Å². The monoisotopic (exact) mass is 704 g/mol. The Morgan fingerprint density at radius 1 is 0.604 bits per heavy atom. The van der Waals surface area contributed by atoms with E-state index in [1.54, 1.807) is 38.5 Å². The molecule has 0 aliphatic carbocycles. The average molecular weight is 705 g/mol. The molecule has 0 spiro atoms. The molecule has 0 aromatic heterocycles. The molecule has 0 N–H and O–H groups in total. The molecule has 10 heteroatoms. The van der Waals surface area contributed by atoms with Crippen molar-refractivity contribution in [3.8, 4) is 23.0 Å². The van der Waals surface area contributed by atoms with Gasteiger partial charge in [-0.3, -0.25) is 29.4 Å². The second kappa shape index (κ2) is 13.0. The molecule has 5 aromatic rings. The van der Waals surface area contributed by atoms with Gasteiger partial charge in [-0.25, -0.2) is 0 Å². The summed E-state index contributed by atoms with van der Waals surface area (Å²) in [7, 11) is 3.13. The Hall–Kier alpha value is -6.42. The zero-order valence-electron chi connectivity index (χ0n) is 29.5. The minimum Gasteiger partial charge on any atom is -0.493 e. The number of hydrogen-bond donors (Lipinski definition) is 0. The number of anilines is 2. The third-order valence-electron chi connectivity index (χ3n) is 10.2. The molecular weight excluding hydrogens is 668 g/mol. The van der Waals surface area contributed by atoms with Crippen molar-refractivity contribution >= 4 is 47.0 Å². The van der Waals surface area contributed by atoms with E-state index in [1.807, 2.05) is 71.6 Å². The molecule has 9 rings (SSSR count). The van der Waals surface area contributed by atoms with Crippen molar-refractivity contribution in [1.82, 2.24) is 0 Å². The standard InChI is InChI=1S/C43H36N4O6/c1-25-12-26(23-52-40-19-34-32(17-38(40)50-2)42(48)46-30(21-44-34)15-28-8-4-6-10-36(28)46)14-27(13-25)24-53-41-20-35-33(18-39(41)51-3)43(49)47-31(22-45-35)16-29-9-5-7-11-37(29)47/h4-14,17-22,30-31H,15-16,23-24H2,1-3H3/t30-,31-/m0/s1. The summed E-state index contributed by atoms with van der Waals surface area (Å²) in [5.74, 6) is 1.66. The van der Waals surface area contributed by atoms with Gasteiger partial charge in [-0.2, -0.15) is 0 Å². The quantitative estimate of drug-likeness (QED) is 0.164. The fraction of sp³-hybridized carbons (Fsp3) is 0.209. The molecule has 0 fully saturated rings. The summed E-state index contributed by atoms with van der Waals surface area (Å²) in [6.45, 7) is 2.53. The molecule has 4 aliphatic heterocycles. The van der Waals surface area contributed by atoms with Crippen LogP contribution in [-0.4, -0.2) is 50.5 Å². The van der Waals surface area contributed by atoms with Gasteiger partial charge in [0.15, 0.2) is 23.0 Å². The molecule has 53 heavy (non-hydrogen) atoms. The fourth-order valence-electron chi connectivity index (χ4n) is 7.81. The van der Waals surface area contributed by atoms with Gasteiger partial charge in [0.1, 0.15) is 13.2 Å². The first-order valence-electron chi connectivity index (χ1n) is 17.6. The van der Waals surface area contributed by atoms with E-state index in [4.69, 9.17) is 28.9 Å². The fourth-order valence-corrected chi connectivity index (χ4v) is 7.81. The SMILES string of the molecule is COc1cc2c(cc1OCc1cc(C)cc(COc3cc4c(cc3OC)C(=O)N3c5ccccc5C[C@H]3C=N4)c1)N=C[C@@H]1Cc3ccccc3N1C2=O. The minimum atomic E-state index is -0.146. The lowest BCUT2D eigenvalue weighted by atomic mass is 10.1. The van der Waals surface area contributed by atoms with Crippen LogP contribution < -0.4 is 28.7 Å². The summed E-state index contributed by atoms with van der Waals surface area (Å²) in [6.07, 6.45) is 5.14. The van der Waals surface area contributed by atoms with Gasteiger partial charge in [0.2, 0.25) is 0 Å². The number of rotatable bonds is 8. The van der Waals surface area contributed by atoms with Crippen molar-refractivity contribution in [2.45, 2.75) is 45.1 Å². The van der Waals surface area contributed by atoms with E-state index >= 15 is 0 Å². The van der Waals surface area contributed by atoms with Crippen molar-refractivity contribution in [1.29, 1.82) is 0 Å². The molecule has 0 saturated carbocycles. The number of para-hydroxylation sites is 2. The van der Waals surface area contributed by atoms with Crippen molar-refractivity contribution in [2.75, 3.05) is 24.0 Å². The van der Waals surface area contributed by atoms with E-state index in [1.165, 1.54) is 0 Å². The summed E-state index contributed by atoms with van der Waals surface area (Å²) < 4.78 is 24.0. The Bertz CT molecular complexity index is 2220. The van der Waals surface area contributed by atoms with Crippen LogP contribution in [0.5, 0.6) is 23.0 Å². The Kier molecular flexibility index (Phi) is 7.95. The maximum absolute atomic E-state index is 13.8. The number of benzene rings is 5. The second-order valence-corrected chi connectivity index (χ2v) is 13.7. The van der Waals surface area contributed by atoms with E-state index in [-0.39, 0.29) is 37.1 Å². The molecule has 2 atom stereocenters. The van der Waals surface area contributed by atoms with Crippen LogP contribution in [0.3, 0.4) is 0 Å². The smallest absolute Gasteiger partial charge is 0.261 e. The highest BCUT2D eigenvalue weighted by molar-refractivity contribution is 6.15. The average Bonchev–Trinajstić information content (AvgIpc) is 3.67. The van der Waals surface area contributed by atoms with Gasteiger partial charge in [0, 0.05) is 48.8 Å². The lowest BCUT2D eigenvalue weighted by Crippen LogP contribution is -2.37. The summed E-state index contributed by atoms with van der Waals surface area (Å²) >= 11 is 0. The molecule has 5 aromatic carbocycles. The van der Waals surface area contributed by atoms with Crippen LogP contribution in [0, 0.1) is 6.92 Å². The van der Waals surface area contributed by atoms with Crippen LogP contribution in [0.1, 0.15) is 48.5 Å². The highest BCUT2D eigenvalue weighted by Crippen LogP contribution is 2.43. The highest BCUT2D eigenvalue weighted by atomic mass is 16.5. The topological polar surface area (TPSA) is 102 Å². The maximum Gasteiger partial charge on any atom is 0.261 e. The van der Waals surface area contributed by atoms with Gasteiger partial charge in [0.05, 0.1) is 48.8 Å². The Morgan fingerprint density at radius 3 is 1.51 bits per heavy atom. The van der Waals surface area contributed by atoms with Gasteiger partial charge in [-0.05, 0) is 59.5 Å².